The van der Waals surface area contributed by atoms with E-state index < -0.39 is 0 Å². The summed E-state index contributed by atoms with van der Waals surface area (Å²) in [5.41, 5.74) is 0. The molecule has 0 aromatic rings. The van der Waals surface area contributed by atoms with Crippen LogP contribution in [0.2, 0.25) is 0 Å². The van der Waals surface area contributed by atoms with E-state index in [9.17, 15) is 4.79 Å². The summed E-state index contributed by atoms with van der Waals surface area (Å²) < 4.78 is 5.14. The van der Waals surface area contributed by atoms with Crippen LogP contribution in [-0.2, 0) is 9.53 Å². The van der Waals surface area contributed by atoms with E-state index in [0.717, 1.165) is 24.7 Å². The van der Waals surface area contributed by atoms with Gasteiger partial charge in [0, 0.05) is 18.3 Å². The Morgan fingerprint density at radius 3 is 2.00 bits per heavy atom. The number of ether oxygens (including phenoxy) is 1. The summed E-state index contributed by atoms with van der Waals surface area (Å²) in [7, 11) is 3.96. The second kappa shape index (κ2) is 14.3. The van der Waals surface area contributed by atoms with Crippen LogP contribution in [0.1, 0.15) is 57.8 Å². The molecule has 0 heterocycles. The van der Waals surface area contributed by atoms with Crippen molar-refractivity contribution in [3.63, 3.8) is 0 Å². The average molecular weight is 336 g/mol. The third-order valence-corrected chi connectivity index (χ3v) is 3.63. The SMILES string of the molecule is CN(C)CCOC(=O)CCCCCCCCCCBr. The number of hydrogen-bond acceptors (Lipinski definition) is 3. The van der Waals surface area contributed by atoms with Gasteiger partial charge in [-0.1, -0.05) is 54.5 Å². The van der Waals surface area contributed by atoms with Crippen molar-refractivity contribution in [3.05, 3.63) is 0 Å². The van der Waals surface area contributed by atoms with E-state index in [1.807, 2.05) is 19.0 Å². The number of unbranched alkanes of at least 4 members (excludes halogenated alkanes) is 7. The number of alkyl halides is 1. The third kappa shape index (κ3) is 15.9. The van der Waals surface area contributed by atoms with Crippen LogP contribution < -0.4 is 0 Å². The molecule has 19 heavy (non-hydrogen) atoms. The Kier molecular flexibility index (Phi) is 14.3. The highest BCUT2D eigenvalue weighted by Gasteiger charge is 2.02. The molecule has 0 amide bonds. The van der Waals surface area contributed by atoms with Crippen LogP contribution in [-0.4, -0.2) is 43.4 Å². The number of hydrogen-bond donors (Lipinski definition) is 0. The Bertz CT molecular complexity index is 210. The summed E-state index contributed by atoms with van der Waals surface area (Å²) in [5.74, 6) is -0.0424. The van der Waals surface area contributed by atoms with Crippen molar-refractivity contribution >= 4 is 21.9 Å². The molecular weight excluding hydrogens is 306 g/mol. The maximum Gasteiger partial charge on any atom is 0.305 e. The molecule has 0 radical (unpaired) electrons. The molecule has 0 aliphatic rings. The minimum atomic E-state index is -0.0424. The molecule has 0 spiro atoms. The molecule has 114 valence electrons. The first-order valence-corrected chi connectivity index (χ1v) is 8.65. The number of carbonyl (C=O) groups excluding carboxylic acids is 1. The van der Waals surface area contributed by atoms with E-state index >= 15 is 0 Å². The Morgan fingerprint density at radius 1 is 0.947 bits per heavy atom. The molecule has 0 aliphatic carbocycles. The van der Waals surface area contributed by atoms with Crippen LogP contribution in [0.3, 0.4) is 0 Å². The monoisotopic (exact) mass is 335 g/mol. The number of rotatable bonds is 13. The molecule has 0 aliphatic heterocycles. The lowest BCUT2D eigenvalue weighted by Gasteiger charge is -2.09. The summed E-state index contributed by atoms with van der Waals surface area (Å²) in [4.78, 5) is 13.4. The van der Waals surface area contributed by atoms with Crippen LogP contribution in [0.5, 0.6) is 0 Å². The fourth-order valence-electron chi connectivity index (χ4n) is 1.84. The van der Waals surface area contributed by atoms with Gasteiger partial charge in [-0.2, -0.15) is 0 Å². The van der Waals surface area contributed by atoms with E-state index in [1.54, 1.807) is 0 Å². The fraction of sp³-hybridized carbons (Fsp3) is 0.933. The van der Waals surface area contributed by atoms with Crippen LogP contribution in [0.15, 0.2) is 0 Å². The number of esters is 1. The number of nitrogens with zero attached hydrogens (tertiary/aromatic N) is 1. The summed E-state index contributed by atoms with van der Waals surface area (Å²) in [5, 5.41) is 1.13. The fourth-order valence-corrected chi connectivity index (χ4v) is 2.24. The Morgan fingerprint density at radius 2 is 1.47 bits per heavy atom. The van der Waals surface area contributed by atoms with E-state index in [1.165, 1.54) is 38.5 Å². The molecule has 4 heteroatoms. The van der Waals surface area contributed by atoms with Gasteiger partial charge < -0.3 is 9.64 Å². The van der Waals surface area contributed by atoms with Gasteiger partial charge in [-0.3, -0.25) is 4.79 Å². The minimum Gasteiger partial charge on any atom is -0.464 e. The number of carbonyl (C=O) groups is 1. The zero-order chi connectivity index (χ0) is 14.3. The lowest BCUT2D eigenvalue weighted by molar-refractivity contribution is -0.144. The summed E-state index contributed by atoms with van der Waals surface area (Å²) in [6, 6.07) is 0. The molecule has 0 unspecified atom stereocenters. The van der Waals surface area contributed by atoms with Crippen molar-refractivity contribution in [2.75, 3.05) is 32.6 Å². The summed E-state index contributed by atoms with van der Waals surface area (Å²) in [6.07, 6.45) is 10.6. The average Bonchev–Trinajstić information content (AvgIpc) is 2.36. The number of likely N-dealkylation sites (N-methyl/N-ethyl adjacent to an activating group) is 1. The molecule has 0 aromatic heterocycles. The Labute approximate surface area is 127 Å². The zero-order valence-corrected chi connectivity index (χ0v) is 14.2. The molecule has 3 nitrogen and oxygen atoms in total. The van der Waals surface area contributed by atoms with Gasteiger partial charge in [0.25, 0.3) is 0 Å². The van der Waals surface area contributed by atoms with Gasteiger partial charge in [0.1, 0.15) is 6.61 Å². The first kappa shape index (κ1) is 18.9. The van der Waals surface area contributed by atoms with Crippen molar-refractivity contribution < 1.29 is 9.53 Å². The van der Waals surface area contributed by atoms with Crippen molar-refractivity contribution in [2.24, 2.45) is 0 Å². The largest absolute Gasteiger partial charge is 0.464 e. The highest BCUT2D eigenvalue weighted by atomic mass is 79.9. The zero-order valence-electron chi connectivity index (χ0n) is 12.6. The van der Waals surface area contributed by atoms with Crippen LogP contribution in [0, 0.1) is 0 Å². The highest BCUT2D eigenvalue weighted by molar-refractivity contribution is 9.09. The normalized spacial score (nSPS) is 10.9. The molecule has 0 saturated heterocycles. The van der Waals surface area contributed by atoms with E-state index in [2.05, 4.69) is 15.9 Å². The van der Waals surface area contributed by atoms with Gasteiger partial charge in [0.15, 0.2) is 0 Å². The molecule has 0 fully saturated rings. The van der Waals surface area contributed by atoms with Gasteiger partial charge in [-0.05, 0) is 26.9 Å². The Balaban J connectivity index is 3.14. The molecular formula is C15H30BrNO2. The van der Waals surface area contributed by atoms with Crippen LogP contribution in [0.25, 0.3) is 0 Å². The Hall–Kier alpha value is -0.0900. The van der Waals surface area contributed by atoms with E-state index in [0.29, 0.717) is 13.0 Å². The van der Waals surface area contributed by atoms with Crippen LogP contribution >= 0.6 is 15.9 Å². The van der Waals surface area contributed by atoms with Gasteiger partial charge >= 0.3 is 5.97 Å². The van der Waals surface area contributed by atoms with Crippen molar-refractivity contribution in [1.82, 2.24) is 4.90 Å². The quantitative estimate of drug-likeness (QED) is 0.289. The second-order valence-electron chi connectivity index (χ2n) is 5.29. The van der Waals surface area contributed by atoms with E-state index in [-0.39, 0.29) is 5.97 Å². The van der Waals surface area contributed by atoms with E-state index in [4.69, 9.17) is 4.74 Å². The predicted molar refractivity (Wildman–Crippen MR) is 84.9 cm³/mol. The van der Waals surface area contributed by atoms with Gasteiger partial charge in [0.2, 0.25) is 0 Å². The van der Waals surface area contributed by atoms with Crippen LogP contribution in [0.4, 0.5) is 0 Å². The second-order valence-corrected chi connectivity index (χ2v) is 6.08. The maximum absolute atomic E-state index is 11.4. The van der Waals surface area contributed by atoms with Gasteiger partial charge in [-0.15, -0.1) is 0 Å². The minimum absolute atomic E-state index is 0.0424. The van der Waals surface area contributed by atoms with Crippen molar-refractivity contribution in [1.29, 1.82) is 0 Å². The summed E-state index contributed by atoms with van der Waals surface area (Å²) in [6.45, 7) is 1.32. The first-order chi connectivity index (χ1) is 9.16. The summed E-state index contributed by atoms with van der Waals surface area (Å²) >= 11 is 3.45. The standard InChI is InChI=1S/C15H30BrNO2/c1-17(2)13-14-19-15(18)11-9-7-5-3-4-6-8-10-12-16/h3-14H2,1-2H3. The van der Waals surface area contributed by atoms with Crippen molar-refractivity contribution in [3.8, 4) is 0 Å². The lowest BCUT2D eigenvalue weighted by Crippen LogP contribution is -2.20. The first-order valence-electron chi connectivity index (χ1n) is 7.53. The molecule has 0 saturated carbocycles. The van der Waals surface area contributed by atoms with Gasteiger partial charge in [-0.25, -0.2) is 0 Å². The smallest absolute Gasteiger partial charge is 0.305 e. The number of halogens is 1. The molecule has 0 N–H and O–H groups in total. The van der Waals surface area contributed by atoms with Gasteiger partial charge in [0.05, 0.1) is 0 Å². The van der Waals surface area contributed by atoms with Crippen molar-refractivity contribution in [2.45, 2.75) is 57.8 Å². The topological polar surface area (TPSA) is 29.5 Å². The molecule has 0 bridgehead atoms. The maximum atomic E-state index is 11.4. The predicted octanol–water partition coefficient (Wildman–Crippen LogP) is 4.00. The highest BCUT2D eigenvalue weighted by Crippen LogP contribution is 2.10. The molecule has 0 aromatic carbocycles. The lowest BCUT2D eigenvalue weighted by atomic mass is 10.1. The third-order valence-electron chi connectivity index (χ3n) is 3.07. The molecule has 0 atom stereocenters. The molecule has 0 rings (SSSR count).